The Hall–Kier alpha value is 1.09. The van der Waals surface area contributed by atoms with E-state index in [1.165, 1.54) is 5.75 Å². The van der Waals surface area contributed by atoms with Crippen LogP contribution in [0.2, 0.25) is 0 Å². The molecule has 0 aliphatic rings. The molecule has 0 aliphatic heterocycles. The van der Waals surface area contributed by atoms with Crippen molar-refractivity contribution in [2.45, 2.75) is 6.92 Å². The van der Waals surface area contributed by atoms with Crippen LogP contribution in [0.5, 0.6) is 0 Å². The third-order valence-corrected chi connectivity index (χ3v) is 3.49. The van der Waals surface area contributed by atoms with Crippen molar-refractivity contribution < 1.29 is 4.52 Å². The molecule has 0 spiro atoms. The Balaban J connectivity index is 2.75. The van der Waals surface area contributed by atoms with Gasteiger partial charge in [0.2, 0.25) is 0 Å². The molecule has 0 amide bonds. The van der Waals surface area contributed by atoms with Crippen LogP contribution in [0.3, 0.4) is 0 Å². The molecule has 9 heavy (non-hydrogen) atoms. The molecule has 0 aliphatic carbocycles. The van der Waals surface area contributed by atoms with Gasteiger partial charge in [-0.05, 0) is 13.3 Å². The van der Waals surface area contributed by atoms with Crippen LogP contribution in [-0.4, -0.2) is 25.0 Å². The zero-order valence-electron chi connectivity index (χ0n) is 6.09. The lowest BCUT2D eigenvalue weighted by Crippen LogP contribution is -1.78. The highest BCUT2D eigenvalue weighted by Gasteiger charge is 1.91. The van der Waals surface area contributed by atoms with E-state index in [2.05, 4.69) is 20.3 Å². The van der Waals surface area contributed by atoms with Gasteiger partial charge in [-0.15, -0.1) is 0 Å². The van der Waals surface area contributed by atoms with Crippen molar-refractivity contribution in [2.24, 2.45) is 0 Å². The summed E-state index contributed by atoms with van der Waals surface area (Å²) >= 11 is 0. The van der Waals surface area contributed by atoms with E-state index in [9.17, 15) is 0 Å². The largest absolute Gasteiger partial charge is 0.348 e. The Morgan fingerprint density at radius 1 is 1.33 bits per heavy atom. The molecule has 0 rings (SSSR count). The SMILES string of the molecule is CCSSCOP(C)C. The lowest BCUT2D eigenvalue weighted by Gasteiger charge is -2.04. The number of rotatable bonds is 5. The molecular formula is C5H13OPS2. The third kappa shape index (κ3) is 9.09. The van der Waals surface area contributed by atoms with Crippen LogP contribution < -0.4 is 0 Å². The van der Waals surface area contributed by atoms with Crippen molar-refractivity contribution in [2.75, 3.05) is 25.0 Å². The summed E-state index contributed by atoms with van der Waals surface area (Å²) in [5.74, 6) is 2.01. The first-order chi connectivity index (χ1) is 4.27. The summed E-state index contributed by atoms with van der Waals surface area (Å²) in [5.41, 5.74) is 0. The van der Waals surface area contributed by atoms with Crippen molar-refractivity contribution >= 4 is 29.7 Å². The summed E-state index contributed by atoms with van der Waals surface area (Å²) in [7, 11) is 3.49. The molecule has 0 N–H and O–H groups in total. The molecule has 0 aromatic rings. The molecule has 0 saturated heterocycles. The predicted molar refractivity (Wildman–Crippen MR) is 50.4 cm³/mol. The van der Waals surface area contributed by atoms with Crippen LogP contribution in [0.25, 0.3) is 0 Å². The number of hydrogen-bond acceptors (Lipinski definition) is 3. The fourth-order valence-corrected chi connectivity index (χ4v) is 2.59. The van der Waals surface area contributed by atoms with E-state index in [4.69, 9.17) is 4.52 Å². The summed E-state index contributed by atoms with van der Waals surface area (Å²) in [6.07, 6.45) is 0. The van der Waals surface area contributed by atoms with Crippen molar-refractivity contribution in [1.82, 2.24) is 0 Å². The highest BCUT2D eigenvalue weighted by atomic mass is 33.1. The van der Waals surface area contributed by atoms with Crippen LogP contribution in [0.4, 0.5) is 0 Å². The fraction of sp³-hybridized carbons (Fsp3) is 1.00. The van der Waals surface area contributed by atoms with E-state index < -0.39 is 0 Å². The minimum atomic E-state index is -0.151. The molecule has 0 radical (unpaired) electrons. The molecule has 0 bridgehead atoms. The second-order valence-corrected chi connectivity index (χ2v) is 6.17. The smallest absolute Gasteiger partial charge is 0.106 e. The fourth-order valence-electron chi connectivity index (χ4n) is 0.244. The van der Waals surface area contributed by atoms with E-state index in [1.807, 2.05) is 10.8 Å². The lowest BCUT2D eigenvalue weighted by molar-refractivity contribution is 0.445. The summed E-state index contributed by atoms with van der Waals surface area (Å²) < 4.78 is 5.35. The van der Waals surface area contributed by atoms with Gasteiger partial charge in [0.05, 0.1) is 0 Å². The maximum Gasteiger partial charge on any atom is 0.106 e. The number of hydrogen-bond donors (Lipinski definition) is 0. The van der Waals surface area contributed by atoms with Gasteiger partial charge in [-0.25, -0.2) is 0 Å². The summed E-state index contributed by atoms with van der Waals surface area (Å²) in [4.78, 5) is 0. The Morgan fingerprint density at radius 2 is 2.00 bits per heavy atom. The molecule has 0 unspecified atom stereocenters. The summed E-state index contributed by atoms with van der Waals surface area (Å²) in [5, 5.41) is 0. The Kier molecular flexibility index (Phi) is 8.07. The molecule has 0 fully saturated rings. The Labute approximate surface area is 66.5 Å². The Bertz CT molecular complexity index is 60.9. The predicted octanol–water partition coefficient (Wildman–Crippen LogP) is 3.02. The second-order valence-electron chi connectivity index (χ2n) is 1.58. The normalized spacial score (nSPS) is 10.7. The van der Waals surface area contributed by atoms with Crippen LogP contribution in [0, 0.1) is 0 Å². The van der Waals surface area contributed by atoms with Crippen LogP contribution >= 0.6 is 29.7 Å². The van der Waals surface area contributed by atoms with Gasteiger partial charge in [0.1, 0.15) is 5.94 Å². The summed E-state index contributed by atoms with van der Waals surface area (Å²) in [6.45, 7) is 6.39. The highest BCUT2D eigenvalue weighted by molar-refractivity contribution is 8.76. The first-order valence-corrected chi connectivity index (χ1v) is 7.46. The van der Waals surface area contributed by atoms with Gasteiger partial charge < -0.3 is 4.52 Å². The van der Waals surface area contributed by atoms with Gasteiger partial charge in [-0.1, -0.05) is 28.5 Å². The average molecular weight is 184 g/mol. The van der Waals surface area contributed by atoms with E-state index in [1.54, 1.807) is 10.8 Å². The van der Waals surface area contributed by atoms with Crippen molar-refractivity contribution in [3.63, 3.8) is 0 Å². The van der Waals surface area contributed by atoms with Gasteiger partial charge in [0, 0.05) is 13.9 Å². The molecule has 4 heteroatoms. The first kappa shape index (κ1) is 10.1. The van der Waals surface area contributed by atoms with Crippen molar-refractivity contribution in [3.8, 4) is 0 Å². The zero-order valence-corrected chi connectivity index (χ0v) is 8.61. The van der Waals surface area contributed by atoms with Gasteiger partial charge in [-0.2, -0.15) is 0 Å². The van der Waals surface area contributed by atoms with Crippen LogP contribution in [-0.2, 0) is 4.52 Å². The van der Waals surface area contributed by atoms with Gasteiger partial charge in [0.25, 0.3) is 0 Å². The molecule has 0 aromatic carbocycles. The average Bonchev–Trinajstić information content (AvgIpc) is 1.80. The Morgan fingerprint density at radius 3 is 2.44 bits per heavy atom. The topological polar surface area (TPSA) is 9.23 Å². The van der Waals surface area contributed by atoms with E-state index in [0.717, 1.165) is 5.94 Å². The monoisotopic (exact) mass is 184 g/mol. The zero-order chi connectivity index (χ0) is 7.11. The third-order valence-electron chi connectivity index (χ3n) is 0.560. The molecular weight excluding hydrogens is 171 g/mol. The first-order valence-electron chi connectivity index (χ1n) is 2.82. The van der Waals surface area contributed by atoms with Crippen LogP contribution in [0.1, 0.15) is 6.92 Å². The molecule has 0 aromatic heterocycles. The molecule has 0 atom stereocenters. The summed E-state index contributed by atoms with van der Waals surface area (Å²) in [6, 6.07) is 0. The van der Waals surface area contributed by atoms with Crippen LogP contribution in [0.15, 0.2) is 0 Å². The quantitative estimate of drug-likeness (QED) is 0.281. The minimum absolute atomic E-state index is 0.151. The van der Waals surface area contributed by atoms with E-state index in [0.29, 0.717) is 0 Å². The highest BCUT2D eigenvalue weighted by Crippen LogP contribution is 2.30. The molecule has 56 valence electrons. The van der Waals surface area contributed by atoms with E-state index >= 15 is 0 Å². The molecule has 0 saturated carbocycles. The van der Waals surface area contributed by atoms with Crippen molar-refractivity contribution in [3.05, 3.63) is 0 Å². The van der Waals surface area contributed by atoms with Gasteiger partial charge in [0.15, 0.2) is 0 Å². The standard InChI is InChI=1S/C5H13OPS2/c1-4-8-9-5-6-7(2)3/h4-5H2,1-3H3. The maximum atomic E-state index is 5.35. The second kappa shape index (κ2) is 7.20. The molecule has 0 heterocycles. The van der Waals surface area contributed by atoms with Gasteiger partial charge >= 0.3 is 0 Å². The van der Waals surface area contributed by atoms with Crippen molar-refractivity contribution in [1.29, 1.82) is 0 Å². The maximum absolute atomic E-state index is 5.35. The lowest BCUT2D eigenvalue weighted by atomic mass is 11.0. The van der Waals surface area contributed by atoms with Gasteiger partial charge in [-0.3, -0.25) is 0 Å². The minimum Gasteiger partial charge on any atom is -0.348 e. The molecule has 1 nitrogen and oxygen atoms in total. The van der Waals surface area contributed by atoms with E-state index in [-0.39, 0.29) is 8.15 Å².